The first kappa shape index (κ1) is 21.5. The molecule has 0 bridgehead atoms. The highest BCUT2D eigenvalue weighted by atomic mass is 127. The Bertz CT molecular complexity index is 798. The van der Waals surface area contributed by atoms with Gasteiger partial charge in [0, 0.05) is 26.1 Å². The van der Waals surface area contributed by atoms with Gasteiger partial charge in [-0.3, -0.25) is 9.67 Å². The molecule has 6 nitrogen and oxygen atoms in total. The van der Waals surface area contributed by atoms with Crippen molar-refractivity contribution in [3.05, 3.63) is 47.5 Å². The topological polar surface area (TPSA) is 67.1 Å². The van der Waals surface area contributed by atoms with Crippen LogP contribution in [-0.4, -0.2) is 34.3 Å². The monoisotopic (exact) mass is 494 g/mol. The minimum absolute atomic E-state index is 0. The first-order valence-corrected chi connectivity index (χ1v) is 8.29. The maximum absolute atomic E-state index is 13.0. The second-order valence-electron chi connectivity index (χ2n) is 6.44. The summed E-state index contributed by atoms with van der Waals surface area (Å²) in [6, 6.07) is 5.60. The van der Waals surface area contributed by atoms with Crippen molar-refractivity contribution in [3.63, 3.8) is 0 Å². The summed E-state index contributed by atoms with van der Waals surface area (Å²) in [4.78, 5) is 8.28. The summed E-state index contributed by atoms with van der Waals surface area (Å²) in [6.45, 7) is 0.972. The Balaban J connectivity index is 0.00000261. The molecule has 2 N–H and O–H groups in total. The third-order valence-corrected chi connectivity index (χ3v) is 4.69. The molecule has 0 amide bonds. The minimum Gasteiger partial charge on any atom is -0.356 e. The van der Waals surface area contributed by atoms with Gasteiger partial charge in [-0.05, 0) is 24.5 Å². The lowest BCUT2D eigenvalue weighted by Crippen LogP contribution is -2.41. The van der Waals surface area contributed by atoms with E-state index in [9.17, 15) is 13.2 Å². The van der Waals surface area contributed by atoms with E-state index in [1.54, 1.807) is 24.8 Å². The third-order valence-electron chi connectivity index (χ3n) is 4.69. The van der Waals surface area contributed by atoms with Crippen molar-refractivity contribution in [2.24, 2.45) is 12.0 Å². The summed E-state index contributed by atoms with van der Waals surface area (Å²) in [5, 5.41) is 10.3. The molecule has 0 atom stereocenters. The number of hydrogen-bond acceptors (Lipinski definition) is 3. The van der Waals surface area contributed by atoms with Gasteiger partial charge >= 0.3 is 6.18 Å². The zero-order chi connectivity index (χ0) is 18.8. The number of guanidine groups is 1. The zero-order valence-corrected chi connectivity index (χ0v) is 17.4. The summed E-state index contributed by atoms with van der Waals surface area (Å²) in [7, 11) is 3.45. The van der Waals surface area contributed by atoms with Crippen molar-refractivity contribution < 1.29 is 13.2 Å². The number of aryl methyl sites for hydroxylation is 1. The van der Waals surface area contributed by atoms with E-state index in [0.717, 1.165) is 24.7 Å². The standard InChI is InChI=1S/C17H21F3N6.HI/c1-21-15(22-9-14-24-11-25-26(14)2)23-10-16(6-7-16)12-4-3-5-13(8-12)17(18,19)20;/h3-5,8,11H,6-7,9-10H2,1-2H3,(H2,21,22,23);1H. The van der Waals surface area contributed by atoms with Gasteiger partial charge < -0.3 is 10.6 Å². The molecule has 148 valence electrons. The van der Waals surface area contributed by atoms with Gasteiger partial charge in [0.25, 0.3) is 0 Å². The molecular weight excluding hydrogens is 472 g/mol. The van der Waals surface area contributed by atoms with Gasteiger partial charge in [0.1, 0.15) is 12.2 Å². The van der Waals surface area contributed by atoms with Crippen molar-refractivity contribution >= 4 is 29.9 Å². The van der Waals surface area contributed by atoms with Crippen molar-refractivity contribution in [2.45, 2.75) is 31.0 Å². The minimum atomic E-state index is -4.33. The van der Waals surface area contributed by atoms with Crippen LogP contribution in [0.3, 0.4) is 0 Å². The Kier molecular flexibility index (Phi) is 6.71. The van der Waals surface area contributed by atoms with E-state index < -0.39 is 11.7 Å². The van der Waals surface area contributed by atoms with Crippen LogP contribution in [0.2, 0.25) is 0 Å². The molecule has 0 radical (unpaired) electrons. The first-order valence-electron chi connectivity index (χ1n) is 8.29. The summed E-state index contributed by atoms with van der Waals surface area (Å²) < 4.78 is 40.5. The van der Waals surface area contributed by atoms with Gasteiger partial charge in [-0.15, -0.1) is 24.0 Å². The molecule has 0 saturated heterocycles. The van der Waals surface area contributed by atoms with Crippen molar-refractivity contribution in [1.29, 1.82) is 0 Å². The van der Waals surface area contributed by atoms with Crippen molar-refractivity contribution in [2.75, 3.05) is 13.6 Å². The van der Waals surface area contributed by atoms with Gasteiger partial charge in [0.05, 0.1) is 12.1 Å². The molecule has 1 aromatic heterocycles. The molecule has 0 unspecified atom stereocenters. The second-order valence-corrected chi connectivity index (χ2v) is 6.44. The average molecular weight is 494 g/mol. The molecule has 3 rings (SSSR count). The van der Waals surface area contributed by atoms with Crippen LogP contribution >= 0.6 is 24.0 Å². The van der Waals surface area contributed by atoms with Gasteiger partial charge in [-0.2, -0.15) is 18.3 Å². The Hall–Kier alpha value is -1.85. The average Bonchev–Trinajstić information content (AvgIpc) is 3.30. The summed E-state index contributed by atoms with van der Waals surface area (Å²) in [6.07, 6.45) is -1.16. The zero-order valence-electron chi connectivity index (χ0n) is 15.0. The van der Waals surface area contributed by atoms with E-state index in [2.05, 4.69) is 25.7 Å². The van der Waals surface area contributed by atoms with Gasteiger partial charge in [0.15, 0.2) is 5.96 Å². The van der Waals surface area contributed by atoms with Gasteiger partial charge in [-0.1, -0.05) is 18.2 Å². The molecule has 1 heterocycles. The highest BCUT2D eigenvalue weighted by molar-refractivity contribution is 14.0. The smallest absolute Gasteiger partial charge is 0.356 e. The molecule has 1 saturated carbocycles. The molecule has 1 aliphatic carbocycles. The molecule has 1 aliphatic rings. The largest absolute Gasteiger partial charge is 0.416 e. The molecule has 2 aromatic rings. The number of nitrogens with one attached hydrogen (secondary N) is 2. The molecular formula is C17H22F3IN6. The van der Waals surface area contributed by atoms with Crippen molar-refractivity contribution in [1.82, 2.24) is 25.4 Å². The van der Waals surface area contributed by atoms with Crippen LogP contribution in [0.4, 0.5) is 13.2 Å². The highest BCUT2D eigenvalue weighted by Crippen LogP contribution is 2.48. The Morgan fingerprint density at radius 2 is 2.04 bits per heavy atom. The second kappa shape index (κ2) is 8.44. The molecule has 1 fully saturated rings. The number of nitrogens with zero attached hydrogens (tertiary/aromatic N) is 4. The summed E-state index contributed by atoms with van der Waals surface area (Å²) in [5.41, 5.74) is -0.168. The normalized spacial score (nSPS) is 15.8. The summed E-state index contributed by atoms with van der Waals surface area (Å²) >= 11 is 0. The number of hydrogen-bond donors (Lipinski definition) is 2. The lowest BCUT2D eigenvalue weighted by molar-refractivity contribution is -0.137. The van der Waals surface area contributed by atoms with Crippen LogP contribution in [0.5, 0.6) is 0 Å². The third kappa shape index (κ3) is 5.11. The van der Waals surface area contributed by atoms with Crippen LogP contribution in [-0.2, 0) is 25.2 Å². The molecule has 10 heteroatoms. The van der Waals surface area contributed by atoms with Crippen molar-refractivity contribution in [3.8, 4) is 0 Å². The SMILES string of the molecule is CN=C(NCc1ncnn1C)NCC1(c2cccc(C(F)(F)F)c2)CC1.I. The predicted octanol–water partition coefficient (Wildman–Crippen LogP) is 2.85. The van der Waals surface area contributed by atoms with Crippen LogP contribution in [0.15, 0.2) is 35.6 Å². The van der Waals surface area contributed by atoms with E-state index in [4.69, 9.17) is 0 Å². The fraction of sp³-hybridized carbons (Fsp3) is 0.471. The predicted molar refractivity (Wildman–Crippen MR) is 107 cm³/mol. The Morgan fingerprint density at radius 1 is 1.30 bits per heavy atom. The first-order chi connectivity index (χ1) is 12.3. The lowest BCUT2D eigenvalue weighted by atomic mass is 9.94. The number of aliphatic imine (C=N–C) groups is 1. The fourth-order valence-electron chi connectivity index (χ4n) is 2.86. The highest BCUT2D eigenvalue weighted by Gasteiger charge is 2.45. The van der Waals surface area contributed by atoms with Crippen LogP contribution in [0.1, 0.15) is 29.8 Å². The molecule has 27 heavy (non-hydrogen) atoms. The fourth-order valence-corrected chi connectivity index (χ4v) is 2.86. The molecule has 0 aliphatic heterocycles. The van der Waals surface area contributed by atoms with Crippen LogP contribution < -0.4 is 10.6 Å². The maximum Gasteiger partial charge on any atom is 0.416 e. The van der Waals surface area contributed by atoms with Gasteiger partial charge in [-0.25, -0.2) is 4.98 Å². The van der Waals surface area contributed by atoms with E-state index in [1.165, 1.54) is 18.5 Å². The maximum atomic E-state index is 13.0. The quantitative estimate of drug-likeness (QED) is 0.381. The number of benzene rings is 1. The number of halogens is 4. The number of aromatic nitrogens is 3. The van der Waals surface area contributed by atoms with Crippen LogP contribution in [0, 0.1) is 0 Å². The van der Waals surface area contributed by atoms with E-state index in [-0.39, 0.29) is 29.4 Å². The lowest BCUT2D eigenvalue weighted by Gasteiger charge is -2.20. The molecule has 1 aromatic carbocycles. The molecule has 0 spiro atoms. The number of rotatable bonds is 5. The Labute approximate surface area is 172 Å². The van der Waals surface area contributed by atoms with E-state index >= 15 is 0 Å². The van der Waals surface area contributed by atoms with E-state index in [1.807, 2.05) is 0 Å². The van der Waals surface area contributed by atoms with Gasteiger partial charge in [0.2, 0.25) is 0 Å². The Morgan fingerprint density at radius 3 is 2.59 bits per heavy atom. The van der Waals surface area contributed by atoms with E-state index in [0.29, 0.717) is 24.6 Å². The summed E-state index contributed by atoms with van der Waals surface area (Å²) in [5.74, 6) is 1.33. The number of alkyl halides is 3. The van der Waals surface area contributed by atoms with Crippen LogP contribution in [0.25, 0.3) is 0 Å².